The largest absolute Gasteiger partial charge is 0.342 e. The zero-order chi connectivity index (χ0) is 14.8. The van der Waals surface area contributed by atoms with Gasteiger partial charge in [-0.3, -0.25) is 4.79 Å². The van der Waals surface area contributed by atoms with E-state index in [9.17, 15) is 4.79 Å². The summed E-state index contributed by atoms with van der Waals surface area (Å²) in [7, 11) is 2.10. The van der Waals surface area contributed by atoms with E-state index in [2.05, 4.69) is 34.9 Å². The lowest BCUT2D eigenvalue weighted by Crippen LogP contribution is -2.47. The molecule has 0 saturated carbocycles. The van der Waals surface area contributed by atoms with Crippen LogP contribution in [0.5, 0.6) is 0 Å². The average Bonchev–Trinajstić information content (AvgIpc) is 2.90. The van der Waals surface area contributed by atoms with Crippen molar-refractivity contribution in [3.05, 3.63) is 29.6 Å². The van der Waals surface area contributed by atoms with Crippen LogP contribution in [0, 0.1) is 0 Å². The van der Waals surface area contributed by atoms with Gasteiger partial charge in [0.05, 0.1) is 17.5 Å². The Bertz CT molecular complexity index is 641. The van der Waals surface area contributed by atoms with E-state index in [1.165, 1.54) is 0 Å². The van der Waals surface area contributed by atoms with Gasteiger partial charge in [-0.1, -0.05) is 13.0 Å². The molecule has 1 N–H and O–H groups in total. The van der Waals surface area contributed by atoms with Gasteiger partial charge in [0.15, 0.2) is 0 Å². The minimum Gasteiger partial charge on any atom is -0.342 e. The molecule has 2 aromatic rings. The van der Waals surface area contributed by atoms with Crippen LogP contribution in [0.2, 0.25) is 0 Å². The molecule has 5 nitrogen and oxygen atoms in total. The number of fused-ring (bicyclic) bond motifs is 1. The predicted octanol–water partition coefficient (Wildman–Crippen LogP) is 1.44. The number of aryl methyl sites for hydroxylation is 1. The van der Waals surface area contributed by atoms with E-state index in [-0.39, 0.29) is 5.91 Å². The van der Waals surface area contributed by atoms with E-state index in [4.69, 9.17) is 0 Å². The first-order valence-corrected chi connectivity index (χ1v) is 7.59. The number of benzene rings is 1. The minimum atomic E-state index is 0.220. The highest BCUT2D eigenvalue weighted by Gasteiger charge is 2.19. The van der Waals surface area contributed by atoms with Crippen molar-refractivity contribution in [2.45, 2.75) is 19.8 Å². The molecule has 1 fully saturated rings. The van der Waals surface area contributed by atoms with Crippen LogP contribution >= 0.6 is 0 Å². The molecule has 1 saturated heterocycles. The van der Waals surface area contributed by atoms with E-state index in [0.29, 0.717) is 6.42 Å². The maximum atomic E-state index is 12.4. The number of hydrogen-bond donors (Lipinski definition) is 1. The number of carbonyl (C=O) groups is 1. The van der Waals surface area contributed by atoms with Crippen LogP contribution in [0.4, 0.5) is 0 Å². The van der Waals surface area contributed by atoms with Crippen molar-refractivity contribution in [2.24, 2.45) is 0 Å². The Labute approximate surface area is 125 Å². The summed E-state index contributed by atoms with van der Waals surface area (Å²) in [5.41, 5.74) is 3.05. The maximum absolute atomic E-state index is 12.4. The molecule has 0 atom stereocenters. The Kier molecular flexibility index (Phi) is 3.92. The highest BCUT2D eigenvalue weighted by molar-refractivity contribution is 5.82. The molecule has 5 heteroatoms. The number of carbonyl (C=O) groups excluding carboxylic acids is 1. The summed E-state index contributed by atoms with van der Waals surface area (Å²) in [6, 6.07) is 6.06. The van der Waals surface area contributed by atoms with Gasteiger partial charge in [0.25, 0.3) is 0 Å². The van der Waals surface area contributed by atoms with Crippen LogP contribution in [0.15, 0.2) is 18.2 Å². The van der Waals surface area contributed by atoms with E-state index >= 15 is 0 Å². The molecule has 112 valence electrons. The van der Waals surface area contributed by atoms with Crippen LogP contribution in [0.25, 0.3) is 11.0 Å². The number of piperazine rings is 1. The first-order chi connectivity index (χ1) is 10.2. The summed E-state index contributed by atoms with van der Waals surface area (Å²) in [4.78, 5) is 24.4. The number of nitrogens with one attached hydrogen (secondary N) is 1. The molecule has 1 aromatic heterocycles. The SMILES string of the molecule is CCc1nc2ccc(CC(=O)N3CCN(C)CC3)cc2[nH]1. The number of amides is 1. The normalized spacial score (nSPS) is 16.6. The zero-order valence-corrected chi connectivity index (χ0v) is 12.7. The van der Waals surface area contributed by atoms with Crippen molar-refractivity contribution in [1.82, 2.24) is 19.8 Å². The van der Waals surface area contributed by atoms with Crippen LogP contribution in [-0.4, -0.2) is 58.9 Å². The molecule has 0 unspecified atom stereocenters. The molecule has 0 bridgehead atoms. The standard InChI is InChI=1S/C16H22N4O/c1-3-15-17-13-5-4-12(10-14(13)18-15)11-16(21)20-8-6-19(2)7-9-20/h4-5,10H,3,6-9,11H2,1-2H3,(H,17,18). The molecule has 3 rings (SSSR count). The lowest BCUT2D eigenvalue weighted by molar-refractivity contribution is -0.132. The molecule has 1 aliphatic heterocycles. The van der Waals surface area contributed by atoms with Crippen molar-refractivity contribution < 1.29 is 4.79 Å². The number of likely N-dealkylation sites (N-methyl/N-ethyl adjacent to an activating group) is 1. The number of rotatable bonds is 3. The van der Waals surface area contributed by atoms with Gasteiger partial charge < -0.3 is 14.8 Å². The predicted molar refractivity (Wildman–Crippen MR) is 83.3 cm³/mol. The summed E-state index contributed by atoms with van der Waals surface area (Å²) in [5.74, 6) is 1.21. The summed E-state index contributed by atoms with van der Waals surface area (Å²) < 4.78 is 0. The first kappa shape index (κ1) is 14.1. The monoisotopic (exact) mass is 286 g/mol. The molecule has 21 heavy (non-hydrogen) atoms. The smallest absolute Gasteiger partial charge is 0.227 e. The van der Waals surface area contributed by atoms with Gasteiger partial charge in [0, 0.05) is 32.6 Å². The second-order valence-corrected chi connectivity index (χ2v) is 5.75. The number of aromatic nitrogens is 2. The van der Waals surface area contributed by atoms with Crippen LogP contribution in [0.3, 0.4) is 0 Å². The maximum Gasteiger partial charge on any atom is 0.227 e. The summed E-state index contributed by atoms with van der Waals surface area (Å²) in [5, 5.41) is 0. The highest BCUT2D eigenvalue weighted by atomic mass is 16.2. The second kappa shape index (κ2) is 5.85. The highest BCUT2D eigenvalue weighted by Crippen LogP contribution is 2.15. The molecule has 1 aliphatic rings. The molecule has 0 radical (unpaired) electrons. The van der Waals surface area contributed by atoms with Crippen molar-refractivity contribution in [1.29, 1.82) is 0 Å². The third kappa shape index (κ3) is 3.08. The van der Waals surface area contributed by atoms with Gasteiger partial charge in [-0.25, -0.2) is 4.98 Å². The summed E-state index contributed by atoms with van der Waals surface area (Å²) in [6.45, 7) is 5.68. The molecular weight excluding hydrogens is 264 g/mol. The van der Waals surface area contributed by atoms with Gasteiger partial charge >= 0.3 is 0 Å². The number of hydrogen-bond acceptors (Lipinski definition) is 3. The third-order valence-electron chi connectivity index (χ3n) is 4.14. The molecule has 1 aromatic carbocycles. The molecule has 0 aliphatic carbocycles. The second-order valence-electron chi connectivity index (χ2n) is 5.75. The van der Waals surface area contributed by atoms with E-state index in [0.717, 1.165) is 55.0 Å². The van der Waals surface area contributed by atoms with Gasteiger partial charge in [-0.15, -0.1) is 0 Å². The molecular formula is C16H22N4O. The van der Waals surface area contributed by atoms with E-state index < -0.39 is 0 Å². The van der Waals surface area contributed by atoms with Gasteiger partial charge in [-0.2, -0.15) is 0 Å². The van der Waals surface area contributed by atoms with E-state index in [1.54, 1.807) is 0 Å². The van der Waals surface area contributed by atoms with Crippen LogP contribution in [-0.2, 0) is 17.6 Å². The fourth-order valence-corrected chi connectivity index (χ4v) is 2.73. The summed E-state index contributed by atoms with van der Waals surface area (Å²) in [6.07, 6.45) is 1.37. The number of imidazole rings is 1. The molecule has 2 heterocycles. The minimum absolute atomic E-state index is 0.220. The fraction of sp³-hybridized carbons (Fsp3) is 0.500. The quantitative estimate of drug-likeness (QED) is 0.929. The number of nitrogens with zero attached hydrogens (tertiary/aromatic N) is 3. The van der Waals surface area contributed by atoms with Crippen molar-refractivity contribution in [3.8, 4) is 0 Å². The van der Waals surface area contributed by atoms with Crippen LogP contribution < -0.4 is 0 Å². The van der Waals surface area contributed by atoms with Gasteiger partial charge in [0.2, 0.25) is 5.91 Å². The lowest BCUT2D eigenvalue weighted by atomic mass is 10.1. The number of H-pyrrole nitrogens is 1. The van der Waals surface area contributed by atoms with Gasteiger partial charge in [-0.05, 0) is 24.7 Å². The fourth-order valence-electron chi connectivity index (χ4n) is 2.73. The Morgan fingerprint density at radius 2 is 2.05 bits per heavy atom. The van der Waals surface area contributed by atoms with Crippen molar-refractivity contribution >= 4 is 16.9 Å². The lowest BCUT2D eigenvalue weighted by Gasteiger charge is -2.32. The van der Waals surface area contributed by atoms with Gasteiger partial charge in [0.1, 0.15) is 5.82 Å². The third-order valence-corrected chi connectivity index (χ3v) is 4.14. The summed E-state index contributed by atoms with van der Waals surface area (Å²) >= 11 is 0. The Morgan fingerprint density at radius 3 is 2.76 bits per heavy atom. The Balaban J connectivity index is 1.70. The number of aromatic amines is 1. The Hall–Kier alpha value is -1.88. The molecule has 0 spiro atoms. The molecule has 1 amide bonds. The van der Waals surface area contributed by atoms with Crippen molar-refractivity contribution in [2.75, 3.05) is 33.2 Å². The Morgan fingerprint density at radius 1 is 1.29 bits per heavy atom. The van der Waals surface area contributed by atoms with Crippen molar-refractivity contribution in [3.63, 3.8) is 0 Å². The van der Waals surface area contributed by atoms with E-state index in [1.807, 2.05) is 17.0 Å². The zero-order valence-electron chi connectivity index (χ0n) is 12.7. The first-order valence-electron chi connectivity index (χ1n) is 7.59. The van der Waals surface area contributed by atoms with Crippen LogP contribution in [0.1, 0.15) is 18.3 Å². The topological polar surface area (TPSA) is 52.2 Å². The average molecular weight is 286 g/mol.